The molecule has 1 aliphatic heterocycles. The number of unbranched alkanes of at least 4 members (excludes halogenated alkanes) is 2. The fourth-order valence-electron chi connectivity index (χ4n) is 2.00. The Morgan fingerprint density at radius 1 is 1.44 bits per heavy atom. The predicted octanol–water partition coefficient (Wildman–Crippen LogP) is 3.07. The lowest BCUT2D eigenvalue weighted by Crippen LogP contribution is -2.28. The van der Waals surface area contributed by atoms with Gasteiger partial charge in [-0.3, -0.25) is 0 Å². The highest BCUT2D eigenvalue weighted by Crippen LogP contribution is 2.19. The zero-order chi connectivity index (χ0) is 11.6. The van der Waals surface area contributed by atoms with Gasteiger partial charge >= 0.3 is 0 Å². The molecule has 1 saturated heterocycles. The molecule has 0 aliphatic carbocycles. The standard InChI is InChI=1S/C13H24O3/c1-2-3-4-7-12(9-10-14)16-13-8-5-6-11-15-13/h10,12-13H,2-9,11H2,1H3. The first-order valence-corrected chi connectivity index (χ1v) is 6.57. The van der Waals surface area contributed by atoms with Crippen molar-refractivity contribution >= 4 is 6.29 Å². The van der Waals surface area contributed by atoms with Gasteiger partial charge in [0, 0.05) is 13.0 Å². The number of carbonyl (C=O) groups excluding carboxylic acids is 1. The number of carbonyl (C=O) groups is 1. The van der Waals surface area contributed by atoms with Crippen LogP contribution in [0.2, 0.25) is 0 Å². The van der Waals surface area contributed by atoms with Gasteiger partial charge in [-0.15, -0.1) is 0 Å². The summed E-state index contributed by atoms with van der Waals surface area (Å²) in [5.74, 6) is 0. The summed E-state index contributed by atoms with van der Waals surface area (Å²) < 4.78 is 11.3. The molecular weight excluding hydrogens is 204 g/mol. The summed E-state index contributed by atoms with van der Waals surface area (Å²) in [6, 6.07) is 0. The van der Waals surface area contributed by atoms with E-state index < -0.39 is 0 Å². The molecule has 94 valence electrons. The minimum atomic E-state index is -0.0691. The summed E-state index contributed by atoms with van der Waals surface area (Å²) in [6.45, 7) is 2.98. The molecule has 1 fully saturated rings. The number of hydrogen-bond acceptors (Lipinski definition) is 3. The van der Waals surface area contributed by atoms with Crippen molar-refractivity contribution in [3.05, 3.63) is 0 Å². The van der Waals surface area contributed by atoms with E-state index in [0.717, 1.165) is 38.6 Å². The molecule has 2 unspecified atom stereocenters. The third kappa shape index (κ3) is 5.61. The van der Waals surface area contributed by atoms with Gasteiger partial charge < -0.3 is 14.3 Å². The van der Waals surface area contributed by atoms with E-state index in [1.807, 2.05) is 0 Å². The van der Waals surface area contributed by atoms with Crippen molar-refractivity contribution in [2.45, 2.75) is 70.7 Å². The second-order valence-corrected chi connectivity index (χ2v) is 4.45. The van der Waals surface area contributed by atoms with Crippen LogP contribution in [0.3, 0.4) is 0 Å². The van der Waals surface area contributed by atoms with Crippen LogP contribution in [0.15, 0.2) is 0 Å². The average molecular weight is 228 g/mol. The summed E-state index contributed by atoms with van der Waals surface area (Å²) in [4.78, 5) is 10.6. The zero-order valence-corrected chi connectivity index (χ0v) is 10.3. The van der Waals surface area contributed by atoms with Crippen LogP contribution in [-0.4, -0.2) is 25.3 Å². The summed E-state index contributed by atoms with van der Waals surface area (Å²) in [7, 11) is 0. The Kier molecular flexibility index (Phi) is 7.43. The lowest BCUT2D eigenvalue weighted by molar-refractivity contribution is -0.189. The first-order chi connectivity index (χ1) is 7.86. The first-order valence-electron chi connectivity index (χ1n) is 6.57. The van der Waals surface area contributed by atoms with Gasteiger partial charge in [-0.05, 0) is 25.7 Å². The van der Waals surface area contributed by atoms with Crippen molar-refractivity contribution < 1.29 is 14.3 Å². The van der Waals surface area contributed by atoms with Crippen molar-refractivity contribution in [1.82, 2.24) is 0 Å². The quantitative estimate of drug-likeness (QED) is 0.473. The van der Waals surface area contributed by atoms with Gasteiger partial charge in [-0.25, -0.2) is 0 Å². The molecule has 1 aliphatic rings. The Bertz CT molecular complexity index is 176. The summed E-state index contributed by atoms with van der Waals surface area (Å²) in [5.41, 5.74) is 0. The maximum Gasteiger partial charge on any atom is 0.157 e. The molecule has 0 spiro atoms. The Morgan fingerprint density at radius 3 is 2.94 bits per heavy atom. The van der Waals surface area contributed by atoms with Crippen LogP contribution in [0.1, 0.15) is 58.3 Å². The minimum Gasteiger partial charge on any atom is -0.353 e. The molecule has 2 atom stereocenters. The number of ether oxygens (including phenoxy) is 2. The number of hydrogen-bond donors (Lipinski definition) is 0. The van der Waals surface area contributed by atoms with E-state index in [1.54, 1.807) is 0 Å². The highest BCUT2D eigenvalue weighted by atomic mass is 16.7. The molecule has 3 heteroatoms. The summed E-state index contributed by atoms with van der Waals surface area (Å²) in [5, 5.41) is 0. The van der Waals surface area contributed by atoms with Crippen LogP contribution < -0.4 is 0 Å². The molecule has 0 aromatic carbocycles. The molecule has 0 amide bonds. The molecule has 0 radical (unpaired) electrons. The normalized spacial score (nSPS) is 22.9. The fourth-order valence-corrected chi connectivity index (χ4v) is 2.00. The largest absolute Gasteiger partial charge is 0.353 e. The van der Waals surface area contributed by atoms with Gasteiger partial charge in [0.2, 0.25) is 0 Å². The maximum atomic E-state index is 10.6. The van der Waals surface area contributed by atoms with Gasteiger partial charge in [0.1, 0.15) is 6.29 Å². The van der Waals surface area contributed by atoms with E-state index in [9.17, 15) is 4.79 Å². The molecule has 0 saturated carbocycles. The Labute approximate surface area is 98.5 Å². The Balaban J connectivity index is 2.22. The van der Waals surface area contributed by atoms with E-state index in [1.165, 1.54) is 19.3 Å². The zero-order valence-electron chi connectivity index (χ0n) is 10.3. The lowest BCUT2D eigenvalue weighted by atomic mass is 10.1. The van der Waals surface area contributed by atoms with Crippen LogP contribution in [-0.2, 0) is 14.3 Å². The van der Waals surface area contributed by atoms with Crippen LogP contribution in [0.5, 0.6) is 0 Å². The molecular formula is C13H24O3. The smallest absolute Gasteiger partial charge is 0.157 e. The molecule has 1 heterocycles. The fraction of sp³-hybridized carbons (Fsp3) is 0.923. The van der Waals surface area contributed by atoms with Gasteiger partial charge in [-0.2, -0.15) is 0 Å². The highest BCUT2D eigenvalue weighted by Gasteiger charge is 2.19. The van der Waals surface area contributed by atoms with Crippen molar-refractivity contribution in [3.63, 3.8) is 0 Å². The molecule has 1 rings (SSSR count). The lowest BCUT2D eigenvalue weighted by Gasteiger charge is -2.27. The van der Waals surface area contributed by atoms with Crippen molar-refractivity contribution in [2.24, 2.45) is 0 Å². The summed E-state index contributed by atoms with van der Waals surface area (Å²) in [6.07, 6.45) is 9.27. The van der Waals surface area contributed by atoms with Crippen molar-refractivity contribution in [3.8, 4) is 0 Å². The van der Waals surface area contributed by atoms with Crippen molar-refractivity contribution in [1.29, 1.82) is 0 Å². The van der Waals surface area contributed by atoms with Gasteiger partial charge in [0.15, 0.2) is 6.29 Å². The van der Waals surface area contributed by atoms with E-state index in [4.69, 9.17) is 9.47 Å². The third-order valence-electron chi connectivity index (χ3n) is 2.97. The van der Waals surface area contributed by atoms with E-state index in [0.29, 0.717) is 6.42 Å². The van der Waals surface area contributed by atoms with E-state index in [-0.39, 0.29) is 12.4 Å². The van der Waals surface area contributed by atoms with Gasteiger partial charge in [-0.1, -0.05) is 26.2 Å². The topological polar surface area (TPSA) is 35.5 Å². The SMILES string of the molecule is CCCCCC(CC=O)OC1CCCCO1. The molecule has 3 nitrogen and oxygen atoms in total. The summed E-state index contributed by atoms with van der Waals surface area (Å²) >= 11 is 0. The van der Waals surface area contributed by atoms with E-state index >= 15 is 0 Å². The van der Waals surface area contributed by atoms with Crippen LogP contribution in [0.4, 0.5) is 0 Å². The second-order valence-electron chi connectivity index (χ2n) is 4.45. The van der Waals surface area contributed by atoms with Crippen molar-refractivity contribution in [2.75, 3.05) is 6.61 Å². The van der Waals surface area contributed by atoms with E-state index in [2.05, 4.69) is 6.92 Å². The molecule has 0 aromatic heterocycles. The molecule has 0 bridgehead atoms. The van der Waals surface area contributed by atoms with Gasteiger partial charge in [0.05, 0.1) is 6.10 Å². The molecule has 0 N–H and O–H groups in total. The number of rotatable bonds is 8. The van der Waals surface area contributed by atoms with Gasteiger partial charge in [0.25, 0.3) is 0 Å². The minimum absolute atomic E-state index is 0.0622. The molecule has 0 aromatic rings. The van der Waals surface area contributed by atoms with Crippen LogP contribution in [0, 0.1) is 0 Å². The monoisotopic (exact) mass is 228 g/mol. The second kappa shape index (κ2) is 8.71. The highest BCUT2D eigenvalue weighted by molar-refractivity contribution is 5.50. The van der Waals surface area contributed by atoms with Crippen LogP contribution >= 0.6 is 0 Å². The first kappa shape index (κ1) is 13.7. The number of aldehydes is 1. The Morgan fingerprint density at radius 2 is 2.31 bits per heavy atom. The maximum absolute atomic E-state index is 10.6. The predicted molar refractivity (Wildman–Crippen MR) is 63.3 cm³/mol. The average Bonchev–Trinajstić information content (AvgIpc) is 2.31. The Hall–Kier alpha value is -0.410. The van der Waals surface area contributed by atoms with Crippen LogP contribution in [0.25, 0.3) is 0 Å². The molecule has 16 heavy (non-hydrogen) atoms. The third-order valence-corrected chi connectivity index (χ3v) is 2.97.